The summed E-state index contributed by atoms with van der Waals surface area (Å²) in [5.41, 5.74) is 1.97. The van der Waals surface area contributed by atoms with Crippen LogP contribution in [0.3, 0.4) is 0 Å². The minimum absolute atomic E-state index is 0.128. The van der Waals surface area contributed by atoms with Crippen LogP contribution >= 0.6 is 11.3 Å². The largest absolute Gasteiger partial charge is 0.440 e. The normalized spacial score (nSPS) is 10.3. The topological polar surface area (TPSA) is 69.4 Å². The Kier molecular flexibility index (Phi) is 3.85. The van der Waals surface area contributed by atoms with Gasteiger partial charge in [0.25, 0.3) is 5.06 Å². The molecule has 0 saturated heterocycles. The van der Waals surface area contributed by atoms with E-state index in [1.165, 1.54) is 13.0 Å². The minimum atomic E-state index is -0.542. The predicted octanol–water partition coefficient (Wildman–Crippen LogP) is 4.27. The van der Waals surface area contributed by atoms with E-state index in [1.807, 2.05) is 26.0 Å². The Morgan fingerprint density at radius 1 is 1.25 bits per heavy atom. The molecule has 104 valence electrons. The summed E-state index contributed by atoms with van der Waals surface area (Å²) in [5, 5.41) is 11.1. The number of nitrogens with zero attached hydrogens (tertiary/aromatic N) is 1. The van der Waals surface area contributed by atoms with Crippen LogP contribution in [0.25, 0.3) is 0 Å². The monoisotopic (exact) mass is 291 g/mol. The lowest BCUT2D eigenvalue weighted by Gasteiger charge is -2.05. The van der Waals surface area contributed by atoms with E-state index in [2.05, 4.69) is 0 Å². The van der Waals surface area contributed by atoms with Gasteiger partial charge in [-0.2, -0.15) is 0 Å². The van der Waals surface area contributed by atoms with Crippen LogP contribution in [0.15, 0.2) is 24.3 Å². The van der Waals surface area contributed by atoms with Crippen LogP contribution in [0.2, 0.25) is 0 Å². The van der Waals surface area contributed by atoms with Crippen molar-refractivity contribution in [2.45, 2.75) is 20.8 Å². The van der Waals surface area contributed by atoms with Crippen LogP contribution in [-0.4, -0.2) is 10.7 Å². The summed E-state index contributed by atoms with van der Waals surface area (Å²) < 4.78 is 5.56. The molecule has 0 spiro atoms. The number of carbonyl (C=O) groups excluding carboxylic acids is 1. The number of hydrogen-bond donors (Lipinski definition) is 0. The number of Topliss-reactive ketones (excluding diaryl/α,β-unsaturated/α-hetero) is 1. The predicted molar refractivity (Wildman–Crippen MR) is 77.0 cm³/mol. The van der Waals surface area contributed by atoms with Gasteiger partial charge in [-0.15, -0.1) is 0 Å². The SMILES string of the molecule is CC(=O)c1cc([N+](=O)[O-])c(Oc2ccc(C)c(C)c2)s1. The molecule has 2 rings (SSSR count). The van der Waals surface area contributed by atoms with E-state index in [4.69, 9.17) is 4.74 Å². The maximum atomic E-state index is 11.3. The molecule has 5 nitrogen and oxygen atoms in total. The second kappa shape index (κ2) is 5.42. The van der Waals surface area contributed by atoms with Crippen molar-refractivity contribution in [1.82, 2.24) is 0 Å². The number of nitro groups is 1. The molecule has 6 heteroatoms. The lowest BCUT2D eigenvalue weighted by molar-refractivity contribution is -0.385. The molecule has 0 saturated carbocycles. The molecular weight excluding hydrogens is 278 g/mol. The number of ether oxygens (including phenoxy) is 1. The second-order valence-electron chi connectivity index (χ2n) is 4.44. The average molecular weight is 291 g/mol. The maximum absolute atomic E-state index is 11.3. The number of thiophene rings is 1. The van der Waals surface area contributed by atoms with Crippen LogP contribution in [0.5, 0.6) is 10.8 Å². The molecule has 0 aliphatic heterocycles. The molecule has 2 aromatic rings. The highest BCUT2D eigenvalue weighted by atomic mass is 32.1. The highest BCUT2D eigenvalue weighted by Crippen LogP contribution is 2.40. The number of carbonyl (C=O) groups is 1. The zero-order valence-electron chi connectivity index (χ0n) is 11.3. The third kappa shape index (κ3) is 2.85. The van der Waals surface area contributed by atoms with Gasteiger partial charge in [0.1, 0.15) is 5.75 Å². The third-order valence-corrected chi connectivity index (χ3v) is 4.02. The molecule has 1 aromatic carbocycles. The molecule has 0 N–H and O–H groups in total. The van der Waals surface area contributed by atoms with Gasteiger partial charge in [-0.05, 0) is 44.0 Å². The third-order valence-electron chi connectivity index (χ3n) is 2.91. The number of benzene rings is 1. The Hall–Kier alpha value is -2.21. The molecule has 0 unspecified atom stereocenters. The Bertz CT molecular complexity index is 690. The van der Waals surface area contributed by atoms with E-state index in [-0.39, 0.29) is 16.5 Å². The fourth-order valence-corrected chi connectivity index (χ4v) is 2.51. The number of hydrogen-bond acceptors (Lipinski definition) is 5. The number of ketones is 1. The van der Waals surface area contributed by atoms with Gasteiger partial charge in [0.15, 0.2) is 5.78 Å². The molecule has 0 fully saturated rings. The van der Waals surface area contributed by atoms with Gasteiger partial charge in [0.2, 0.25) is 0 Å². The molecular formula is C14H13NO4S. The molecule has 1 heterocycles. The van der Waals surface area contributed by atoms with E-state index in [0.717, 1.165) is 22.5 Å². The lowest BCUT2D eigenvalue weighted by Crippen LogP contribution is -1.90. The zero-order valence-corrected chi connectivity index (χ0v) is 12.1. The van der Waals surface area contributed by atoms with Crippen molar-refractivity contribution in [3.05, 3.63) is 50.4 Å². The van der Waals surface area contributed by atoms with E-state index in [0.29, 0.717) is 10.6 Å². The molecule has 1 aromatic heterocycles. The van der Waals surface area contributed by atoms with E-state index in [9.17, 15) is 14.9 Å². The summed E-state index contributed by atoms with van der Waals surface area (Å²) in [5.74, 6) is 0.307. The summed E-state index contributed by atoms with van der Waals surface area (Å²) in [4.78, 5) is 22.1. The summed E-state index contributed by atoms with van der Waals surface area (Å²) in [7, 11) is 0. The van der Waals surface area contributed by atoms with Crippen molar-refractivity contribution in [3.63, 3.8) is 0 Å². The average Bonchev–Trinajstić information content (AvgIpc) is 2.78. The first-order chi connectivity index (χ1) is 9.38. The standard InChI is InChI=1S/C14H13NO4S/c1-8-4-5-11(6-9(8)2)19-14-12(15(17)18)7-13(20-14)10(3)16/h4-7H,1-3H3. The van der Waals surface area contributed by atoms with Gasteiger partial charge < -0.3 is 4.74 Å². The highest BCUT2D eigenvalue weighted by molar-refractivity contribution is 7.16. The Morgan fingerprint density at radius 3 is 2.50 bits per heavy atom. The zero-order chi connectivity index (χ0) is 14.9. The summed E-state index contributed by atoms with van der Waals surface area (Å²) >= 11 is 0.987. The summed E-state index contributed by atoms with van der Waals surface area (Å²) in [6.45, 7) is 5.28. The molecule has 0 bridgehead atoms. The molecule has 20 heavy (non-hydrogen) atoms. The van der Waals surface area contributed by atoms with Crippen LogP contribution < -0.4 is 4.74 Å². The number of aryl methyl sites for hydroxylation is 2. The number of rotatable bonds is 4. The van der Waals surface area contributed by atoms with Gasteiger partial charge in [-0.3, -0.25) is 14.9 Å². The Labute approximate surface area is 120 Å². The van der Waals surface area contributed by atoms with Crippen molar-refractivity contribution in [2.24, 2.45) is 0 Å². The first-order valence-electron chi connectivity index (χ1n) is 5.92. The first kappa shape index (κ1) is 14.2. The molecule has 0 atom stereocenters. The summed E-state index contributed by atoms with van der Waals surface area (Å²) in [6.07, 6.45) is 0. The van der Waals surface area contributed by atoms with Crippen molar-refractivity contribution >= 4 is 22.8 Å². The molecule has 0 aliphatic rings. The minimum Gasteiger partial charge on any atom is -0.440 e. The van der Waals surface area contributed by atoms with E-state index < -0.39 is 4.92 Å². The van der Waals surface area contributed by atoms with Crippen molar-refractivity contribution in [1.29, 1.82) is 0 Å². The van der Waals surface area contributed by atoms with Gasteiger partial charge in [-0.25, -0.2) is 0 Å². The highest BCUT2D eigenvalue weighted by Gasteiger charge is 2.23. The van der Waals surface area contributed by atoms with Gasteiger partial charge in [0.05, 0.1) is 9.80 Å². The van der Waals surface area contributed by atoms with Gasteiger partial charge in [0, 0.05) is 6.07 Å². The van der Waals surface area contributed by atoms with Crippen molar-refractivity contribution < 1.29 is 14.5 Å². The first-order valence-corrected chi connectivity index (χ1v) is 6.74. The molecule has 0 amide bonds. The van der Waals surface area contributed by atoms with Crippen LogP contribution in [0.4, 0.5) is 5.69 Å². The summed E-state index contributed by atoms with van der Waals surface area (Å²) in [6, 6.07) is 6.70. The maximum Gasteiger partial charge on any atom is 0.323 e. The Morgan fingerprint density at radius 2 is 1.95 bits per heavy atom. The van der Waals surface area contributed by atoms with E-state index in [1.54, 1.807) is 6.07 Å². The quantitative estimate of drug-likeness (QED) is 0.479. The van der Waals surface area contributed by atoms with Crippen LogP contribution in [-0.2, 0) is 0 Å². The van der Waals surface area contributed by atoms with Crippen LogP contribution in [0.1, 0.15) is 27.7 Å². The lowest BCUT2D eigenvalue weighted by atomic mass is 10.1. The van der Waals surface area contributed by atoms with E-state index >= 15 is 0 Å². The fraction of sp³-hybridized carbons (Fsp3) is 0.214. The molecule has 0 aliphatic carbocycles. The fourth-order valence-electron chi connectivity index (χ4n) is 1.62. The second-order valence-corrected chi connectivity index (χ2v) is 5.46. The van der Waals surface area contributed by atoms with Crippen LogP contribution in [0, 0.1) is 24.0 Å². The van der Waals surface area contributed by atoms with Gasteiger partial charge >= 0.3 is 5.69 Å². The smallest absolute Gasteiger partial charge is 0.323 e. The van der Waals surface area contributed by atoms with Gasteiger partial charge in [-0.1, -0.05) is 17.4 Å². The Balaban J connectivity index is 2.39. The van der Waals surface area contributed by atoms with Crippen molar-refractivity contribution in [3.8, 4) is 10.8 Å². The molecule has 0 radical (unpaired) electrons. The van der Waals surface area contributed by atoms with Crippen molar-refractivity contribution in [2.75, 3.05) is 0 Å².